The smallest absolute Gasteiger partial charge is 0.251 e. The Kier molecular flexibility index (Phi) is 6.00. The molecule has 112 valence electrons. The number of nitrogens with zero attached hydrogens (tertiary/aromatic N) is 1. The fraction of sp³-hybridized carbons (Fsp3) is 0.412. The Labute approximate surface area is 130 Å². The van der Waals surface area contributed by atoms with Gasteiger partial charge in [0.05, 0.1) is 5.52 Å². The van der Waals surface area contributed by atoms with Crippen molar-refractivity contribution < 1.29 is 4.79 Å². The van der Waals surface area contributed by atoms with Crippen LogP contribution in [0, 0.1) is 5.92 Å². The molecule has 0 bridgehead atoms. The van der Waals surface area contributed by atoms with Crippen LogP contribution in [0.25, 0.3) is 10.9 Å². The van der Waals surface area contributed by atoms with Crippen LogP contribution in [-0.4, -0.2) is 23.3 Å². The molecule has 0 saturated carbocycles. The summed E-state index contributed by atoms with van der Waals surface area (Å²) < 4.78 is 0. The molecule has 0 aliphatic rings. The number of hydrogen-bond donors (Lipinski definition) is 1. The molecule has 1 N–H and O–H groups in total. The second-order valence-electron chi connectivity index (χ2n) is 5.22. The normalized spacial score (nSPS) is 12.3. The van der Waals surface area contributed by atoms with E-state index in [1.54, 1.807) is 6.20 Å². The van der Waals surface area contributed by atoms with Crippen LogP contribution in [0.5, 0.6) is 0 Å². The van der Waals surface area contributed by atoms with Gasteiger partial charge < -0.3 is 5.32 Å². The molecule has 21 heavy (non-hydrogen) atoms. The lowest BCUT2D eigenvalue weighted by atomic mass is 10.0. The average Bonchev–Trinajstić information content (AvgIpc) is 2.52. The second-order valence-corrected chi connectivity index (χ2v) is 5.60. The number of hydrogen-bond acceptors (Lipinski definition) is 2. The topological polar surface area (TPSA) is 42.0 Å². The summed E-state index contributed by atoms with van der Waals surface area (Å²) in [6.45, 7) is 2.83. The Hall–Kier alpha value is -1.61. The van der Waals surface area contributed by atoms with Crippen molar-refractivity contribution in [1.82, 2.24) is 10.3 Å². The van der Waals surface area contributed by atoms with Gasteiger partial charge in [0.15, 0.2) is 0 Å². The molecule has 0 fully saturated rings. The first-order chi connectivity index (χ1) is 10.3. The zero-order valence-corrected chi connectivity index (χ0v) is 13.1. The number of nitrogens with one attached hydrogen (secondary N) is 1. The molecule has 0 aliphatic carbocycles. The third-order valence-electron chi connectivity index (χ3n) is 3.66. The maximum Gasteiger partial charge on any atom is 0.251 e. The van der Waals surface area contributed by atoms with E-state index in [0.29, 0.717) is 23.9 Å². The van der Waals surface area contributed by atoms with Gasteiger partial charge in [-0.1, -0.05) is 25.5 Å². The molecule has 1 amide bonds. The predicted molar refractivity (Wildman–Crippen MR) is 87.8 cm³/mol. The average molecular weight is 305 g/mol. The SMILES string of the molecule is CCCC(CCCl)CNC(=O)c1cccc2ncccc12. The van der Waals surface area contributed by atoms with Crippen molar-refractivity contribution in [1.29, 1.82) is 0 Å². The van der Waals surface area contributed by atoms with Crippen molar-refractivity contribution in [3.8, 4) is 0 Å². The van der Waals surface area contributed by atoms with Crippen molar-refractivity contribution >= 4 is 28.4 Å². The Morgan fingerprint density at radius 1 is 1.29 bits per heavy atom. The molecule has 1 atom stereocenters. The van der Waals surface area contributed by atoms with Gasteiger partial charge in [-0.3, -0.25) is 9.78 Å². The standard InChI is InChI=1S/C17H21ClN2O/c1-2-5-13(9-10-18)12-20-17(21)15-6-3-8-16-14(15)7-4-11-19-16/h3-4,6-8,11,13H,2,5,9-10,12H2,1H3,(H,20,21). The first kappa shape index (κ1) is 15.8. The van der Waals surface area contributed by atoms with Gasteiger partial charge in [0.1, 0.15) is 0 Å². The highest BCUT2D eigenvalue weighted by Gasteiger charge is 2.13. The number of amides is 1. The van der Waals surface area contributed by atoms with E-state index in [2.05, 4.69) is 17.2 Å². The molecule has 4 heteroatoms. The van der Waals surface area contributed by atoms with Crippen LogP contribution in [0.15, 0.2) is 36.5 Å². The summed E-state index contributed by atoms with van der Waals surface area (Å²) in [5.41, 5.74) is 1.53. The molecule has 1 heterocycles. The molecule has 2 aromatic rings. The number of pyridine rings is 1. The fourth-order valence-corrected chi connectivity index (χ4v) is 2.85. The van der Waals surface area contributed by atoms with Crippen LogP contribution < -0.4 is 5.32 Å². The largest absolute Gasteiger partial charge is 0.352 e. The maximum absolute atomic E-state index is 12.4. The molecule has 0 radical (unpaired) electrons. The van der Waals surface area contributed by atoms with Gasteiger partial charge in [0, 0.05) is 29.6 Å². The predicted octanol–water partition coefficient (Wildman–Crippen LogP) is 4.01. The molecular weight excluding hydrogens is 284 g/mol. The van der Waals surface area contributed by atoms with E-state index < -0.39 is 0 Å². The van der Waals surface area contributed by atoms with Gasteiger partial charge in [-0.05, 0) is 37.0 Å². The van der Waals surface area contributed by atoms with E-state index >= 15 is 0 Å². The summed E-state index contributed by atoms with van der Waals surface area (Å²) in [6.07, 6.45) is 4.87. The van der Waals surface area contributed by atoms with Crippen LogP contribution in [-0.2, 0) is 0 Å². The van der Waals surface area contributed by atoms with Crippen LogP contribution in [0.2, 0.25) is 0 Å². The summed E-state index contributed by atoms with van der Waals surface area (Å²) in [5, 5.41) is 3.93. The van der Waals surface area contributed by atoms with Crippen molar-refractivity contribution in [2.75, 3.05) is 12.4 Å². The summed E-state index contributed by atoms with van der Waals surface area (Å²) in [5.74, 6) is 1.05. The third kappa shape index (κ3) is 4.18. The molecule has 0 saturated heterocycles. The van der Waals surface area contributed by atoms with Crippen LogP contribution >= 0.6 is 11.6 Å². The molecule has 0 spiro atoms. The van der Waals surface area contributed by atoms with Crippen molar-refractivity contribution in [3.05, 3.63) is 42.1 Å². The molecule has 1 unspecified atom stereocenters. The third-order valence-corrected chi connectivity index (χ3v) is 3.87. The second kappa shape index (κ2) is 7.99. The number of aromatic nitrogens is 1. The van der Waals surface area contributed by atoms with E-state index in [9.17, 15) is 4.79 Å². The number of carbonyl (C=O) groups is 1. The van der Waals surface area contributed by atoms with Crippen LogP contribution in [0.3, 0.4) is 0 Å². The fourth-order valence-electron chi connectivity index (χ4n) is 2.54. The van der Waals surface area contributed by atoms with Gasteiger partial charge >= 0.3 is 0 Å². The highest BCUT2D eigenvalue weighted by molar-refractivity contribution is 6.17. The molecule has 2 rings (SSSR count). The van der Waals surface area contributed by atoms with Gasteiger partial charge in [-0.2, -0.15) is 0 Å². The Morgan fingerprint density at radius 3 is 2.90 bits per heavy atom. The monoisotopic (exact) mass is 304 g/mol. The van der Waals surface area contributed by atoms with Gasteiger partial charge in [-0.25, -0.2) is 0 Å². The van der Waals surface area contributed by atoms with E-state index in [0.717, 1.165) is 30.2 Å². The van der Waals surface area contributed by atoms with Crippen LogP contribution in [0.4, 0.5) is 0 Å². The minimum Gasteiger partial charge on any atom is -0.352 e. The lowest BCUT2D eigenvalue weighted by molar-refractivity contribution is 0.0947. The Morgan fingerprint density at radius 2 is 2.14 bits per heavy atom. The number of benzene rings is 1. The van der Waals surface area contributed by atoms with Crippen molar-refractivity contribution in [2.45, 2.75) is 26.2 Å². The molecular formula is C17H21ClN2O. The molecule has 0 aliphatic heterocycles. The van der Waals surface area contributed by atoms with E-state index in [-0.39, 0.29) is 5.91 Å². The van der Waals surface area contributed by atoms with E-state index in [1.165, 1.54) is 0 Å². The van der Waals surface area contributed by atoms with Crippen molar-refractivity contribution in [2.24, 2.45) is 5.92 Å². The maximum atomic E-state index is 12.4. The number of alkyl halides is 1. The summed E-state index contributed by atoms with van der Waals surface area (Å²) in [7, 11) is 0. The summed E-state index contributed by atoms with van der Waals surface area (Å²) >= 11 is 5.82. The van der Waals surface area contributed by atoms with Crippen molar-refractivity contribution in [3.63, 3.8) is 0 Å². The first-order valence-electron chi connectivity index (χ1n) is 7.44. The summed E-state index contributed by atoms with van der Waals surface area (Å²) in [4.78, 5) is 16.7. The number of fused-ring (bicyclic) bond motifs is 1. The lowest BCUT2D eigenvalue weighted by Gasteiger charge is -2.16. The highest BCUT2D eigenvalue weighted by Crippen LogP contribution is 2.17. The van der Waals surface area contributed by atoms with Gasteiger partial charge in [0.2, 0.25) is 0 Å². The minimum atomic E-state index is -0.0377. The number of rotatable bonds is 7. The summed E-state index contributed by atoms with van der Waals surface area (Å²) in [6, 6.07) is 9.41. The van der Waals surface area contributed by atoms with E-state index in [4.69, 9.17) is 11.6 Å². The molecule has 1 aromatic carbocycles. The number of carbonyl (C=O) groups excluding carboxylic acids is 1. The minimum absolute atomic E-state index is 0.0377. The van der Waals surface area contributed by atoms with Gasteiger partial charge in [-0.15, -0.1) is 11.6 Å². The van der Waals surface area contributed by atoms with Gasteiger partial charge in [0.25, 0.3) is 5.91 Å². The van der Waals surface area contributed by atoms with Crippen LogP contribution in [0.1, 0.15) is 36.5 Å². The Balaban J connectivity index is 2.08. The lowest BCUT2D eigenvalue weighted by Crippen LogP contribution is -2.29. The Bertz CT molecular complexity index is 589. The highest BCUT2D eigenvalue weighted by atomic mass is 35.5. The zero-order chi connectivity index (χ0) is 15.1. The zero-order valence-electron chi connectivity index (χ0n) is 12.3. The molecule has 3 nitrogen and oxygen atoms in total. The molecule has 1 aromatic heterocycles. The number of halogens is 1. The quantitative estimate of drug-likeness (QED) is 0.785. The van der Waals surface area contributed by atoms with E-state index in [1.807, 2.05) is 30.3 Å². The first-order valence-corrected chi connectivity index (χ1v) is 7.97.